The van der Waals surface area contributed by atoms with Crippen LogP contribution in [0, 0.1) is 0 Å². The van der Waals surface area contributed by atoms with E-state index >= 15 is 0 Å². The average Bonchev–Trinajstić information content (AvgIpc) is 3.20. The maximum absolute atomic E-state index is 13.7. The summed E-state index contributed by atoms with van der Waals surface area (Å²) in [6.07, 6.45) is 0. The zero-order valence-electron chi connectivity index (χ0n) is 19.7. The van der Waals surface area contributed by atoms with Crippen LogP contribution in [0.15, 0.2) is 69.9 Å². The molecule has 1 aromatic heterocycles. The molecule has 1 unspecified atom stereocenters. The fourth-order valence-electron chi connectivity index (χ4n) is 4.50. The van der Waals surface area contributed by atoms with Crippen molar-refractivity contribution in [2.75, 3.05) is 33.3 Å². The van der Waals surface area contributed by atoms with Crippen molar-refractivity contribution in [2.45, 2.75) is 6.04 Å². The number of ether oxygens (including phenoxy) is 4. The second-order valence-electron chi connectivity index (χ2n) is 7.90. The molecule has 35 heavy (non-hydrogen) atoms. The van der Waals surface area contributed by atoms with E-state index in [2.05, 4.69) is 0 Å². The summed E-state index contributed by atoms with van der Waals surface area (Å²) in [5.41, 5.74) is 1.50. The molecule has 0 spiro atoms. The average molecular weight is 473 g/mol. The summed E-state index contributed by atoms with van der Waals surface area (Å²) < 4.78 is 27.8. The van der Waals surface area contributed by atoms with E-state index in [1.54, 1.807) is 67.8 Å². The first-order valence-electron chi connectivity index (χ1n) is 10.9. The number of hydrogen-bond donors (Lipinski definition) is 0. The maximum Gasteiger partial charge on any atom is 0.295 e. The highest BCUT2D eigenvalue weighted by Crippen LogP contribution is 2.46. The first-order valence-corrected chi connectivity index (χ1v) is 10.9. The van der Waals surface area contributed by atoms with Crippen LogP contribution in [0.4, 0.5) is 5.69 Å². The fraction of sp³-hybridized carbons (Fsp3) is 0.185. The number of carbonyl (C=O) groups is 1. The number of anilines is 1. The van der Waals surface area contributed by atoms with Crippen molar-refractivity contribution in [1.29, 1.82) is 0 Å². The first-order chi connectivity index (χ1) is 17.0. The summed E-state index contributed by atoms with van der Waals surface area (Å²) in [5.74, 6) is 1.44. The van der Waals surface area contributed by atoms with Gasteiger partial charge in [0.05, 0.1) is 45.4 Å². The second-order valence-corrected chi connectivity index (χ2v) is 7.90. The molecule has 1 atom stereocenters. The molecule has 0 bridgehead atoms. The lowest BCUT2D eigenvalue weighted by atomic mass is 9.97. The van der Waals surface area contributed by atoms with E-state index in [0.717, 1.165) is 0 Å². The molecule has 4 aromatic rings. The predicted octanol–water partition coefficient (Wildman–Crippen LogP) is 4.58. The number of benzene rings is 3. The third-order valence-electron chi connectivity index (χ3n) is 6.13. The Morgan fingerprint density at radius 1 is 0.800 bits per heavy atom. The smallest absolute Gasteiger partial charge is 0.295 e. The summed E-state index contributed by atoms with van der Waals surface area (Å²) in [5, 5.41) is 0.396. The zero-order valence-corrected chi connectivity index (χ0v) is 19.7. The Kier molecular flexibility index (Phi) is 5.56. The highest BCUT2D eigenvalue weighted by atomic mass is 16.5. The second kappa shape index (κ2) is 8.72. The van der Waals surface area contributed by atoms with Crippen molar-refractivity contribution < 1.29 is 28.2 Å². The van der Waals surface area contributed by atoms with Crippen LogP contribution >= 0.6 is 0 Å². The normalized spacial score (nSPS) is 14.7. The Morgan fingerprint density at radius 2 is 1.46 bits per heavy atom. The van der Waals surface area contributed by atoms with Gasteiger partial charge < -0.3 is 23.4 Å². The lowest BCUT2D eigenvalue weighted by molar-refractivity contribution is 0.0971. The Morgan fingerprint density at radius 3 is 2.06 bits per heavy atom. The van der Waals surface area contributed by atoms with Gasteiger partial charge >= 0.3 is 0 Å². The number of nitrogens with zero attached hydrogens (tertiary/aromatic N) is 1. The summed E-state index contributed by atoms with van der Waals surface area (Å²) in [6.45, 7) is 0. The maximum atomic E-state index is 13.7. The molecule has 8 nitrogen and oxygen atoms in total. The summed E-state index contributed by atoms with van der Waals surface area (Å²) in [6, 6.07) is 16.6. The van der Waals surface area contributed by atoms with Crippen molar-refractivity contribution in [1.82, 2.24) is 0 Å². The van der Waals surface area contributed by atoms with Crippen LogP contribution in [0.2, 0.25) is 0 Å². The topological polar surface area (TPSA) is 87.4 Å². The van der Waals surface area contributed by atoms with Crippen LogP contribution in [-0.4, -0.2) is 34.3 Å². The minimum Gasteiger partial charge on any atom is -0.497 e. The largest absolute Gasteiger partial charge is 0.497 e. The molecule has 1 amide bonds. The third-order valence-corrected chi connectivity index (χ3v) is 6.13. The van der Waals surface area contributed by atoms with Crippen LogP contribution in [0.1, 0.15) is 27.7 Å². The molecular weight excluding hydrogens is 450 g/mol. The zero-order chi connectivity index (χ0) is 24.7. The van der Waals surface area contributed by atoms with Crippen LogP contribution in [-0.2, 0) is 0 Å². The molecule has 2 heterocycles. The van der Waals surface area contributed by atoms with E-state index < -0.39 is 11.9 Å². The van der Waals surface area contributed by atoms with Gasteiger partial charge in [0.25, 0.3) is 5.91 Å². The summed E-state index contributed by atoms with van der Waals surface area (Å²) in [7, 11) is 6.10. The Labute approximate surface area is 201 Å². The number of hydrogen-bond acceptors (Lipinski definition) is 7. The van der Waals surface area contributed by atoms with E-state index in [1.807, 2.05) is 0 Å². The fourth-order valence-corrected chi connectivity index (χ4v) is 4.50. The van der Waals surface area contributed by atoms with Crippen molar-refractivity contribution in [2.24, 2.45) is 0 Å². The minimum atomic E-state index is -0.791. The van der Waals surface area contributed by atoms with Gasteiger partial charge in [0.2, 0.25) is 11.5 Å². The standard InChI is InChI=1S/C27H23NO7/c1-31-17-11-9-16(10-12-17)28-23(15-13-20(32-2)25(34-4)21(14-15)33-3)22-24(29)18-7-5-6-8-19(18)35-26(22)27(28)30/h5-14,23H,1-4H3. The van der Waals surface area contributed by atoms with Gasteiger partial charge in [-0.3, -0.25) is 14.5 Å². The third kappa shape index (κ3) is 3.45. The van der Waals surface area contributed by atoms with Crippen LogP contribution < -0.4 is 29.3 Å². The van der Waals surface area contributed by atoms with E-state index in [4.69, 9.17) is 23.4 Å². The van der Waals surface area contributed by atoms with Gasteiger partial charge in [-0.25, -0.2) is 0 Å². The molecule has 3 aromatic carbocycles. The van der Waals surface area contributed by atoms with E-state index in [9.17, 15) is 9.59 Å². The predicted molar refractivity (Wildman–Crippen MR) is 130 cm³/mol. The van der Waals surface area contributed by atoms with Crippen molar-refractivity contribution in [3.05, 3.63) is 87.8 Å². The highest BCUT2D eigenvalue weighted by Gasteiger charge is 2.44. The molecule has 0 aliphatic carbocycles. The molecule has 0 saturated carbocycles. The van der Waals surface area contributed by atoms with Gasteiger partial charge in [0.15, 0.2) is 16.9 Å². The van der Waals surface area contributed by atoms with Gasteiger partial charge in [-0.05, 0) is 54.1 Å². The monoisotopic (exact) mass is 473 g/mol. The van der Waals surface area contributed by atoms with E-state index in [0.29, 0.717) is 45.2 Å². The van der Waals surface area contributed by atoms with Crippen molar-refractivity contribution >= 4 is 22.6 Å². The van der Waals surface area contributed by atoms with Crippen LogP contribution in [0.3, 0.4) is 0 Å². The van der Waals surface area contributed by atoms with Gasteiger partial charge in [0.1, 0.15) is 11.3 Å². The van der Waals surface area contributed by atoms with Gasteiger partial charge in [0, 0.05) is 5.69 Å². The lowest BCUT2D eigenvalue weighted by Gasteiger charge is -2.26. The number of carbonyl (C=O) groups excluding carboxylic acids is 1. The minimum absolute atomic E-state index is 0.00303. The van der Waals surface area contributed by atoms with Crippen LogP contribution in [0.25, 0.3) is 11.0 Å². The van der Waals surface area contributed by atoms with E-state index in [1.165, 1.54) is 26.2 Å². The number of methoxy groups -OCH3 is 4. The molecule has 5 rings (SSSR count). The highest BCUT2D eigenvalue weighted by molar-refractivity contribution is 6.10. The molecule has 0 fully saturated rings. The van der Waals surface area contributed by atoms with Crippen LogP contribution in [0.5, 0.6) is 23.0 Å². The molecule has 0 N–H and O–H groups in total. The van der Waals surface area contributed by atoms with Gasteiger partial charge in [-0.15, -0.1) is 0 Å². The van der Waals surface area contributed by atoms with E-state index in [-0.39, 0.29) is 16.8 Å². The molecule has 178 valence electrons. The number of para-hydroxylation sites is 1. The molecule has 0 saturated heterocycles. The van der Waals surface area contributed by atoms with Gasteiger partial charge in [-0.1, -0.05) is 12.1 Å². The summed E-state index contributed by atoms with van der Waals surface area (Å²) in [4.78, 5) is 29.0. The SMILES string of the molecule is COc1ccc(N2C(=O)c3oc4ccccc4c(=O)c3C2c2cc(OC)c(OC)c(OC)c2)cc1. The lowest BCUT2D eigenvalue weighted by Crippen LogP contribution is -2.29. The summed E-state index contributed by atoms with van der Waals surface area (Å²) >= 11 is 0. The number of amides is 1. The number of rotatable bonds is 6. The van der Waals surface area contributed by atoms with Crippen molar-refractivity contribution in [3.8, 4) is 23.0 Å². The molecule has 8 heteroatoms. The van der Waals surface area contributed by atoms with Gasteiger partial charge in [-0.2, -0.15) is 0 Å². The number of fused-ring (bicyclic) bond motifs is 2. The molecular formula is C27H23NO7. The molecule has 0 radical (unpaired) electrons. The quantitative estimate of drug-likeness (QED) is 0.405. The molecule has 1 aliphatic rings. The Hall–Kier alpha value is -4.46. The Bertz CT molecular complexity index is 1470. The Balaban J connectivity index is 1.81. The first kappa shape index (κ1) is 22.3. The molecule has 1 aliphatic heterocycles. The van der Waals surface area contributed by atoms with Crippen molar-refractivity contribution in [3.63, 3.8) is 0 Å².